The van der Waals surface area contributed by atoms with Crippen molar-refractivity contribution in [3.63, 3.8) is 0 Å². The summed E-state index contributed by atoms with van der Waals surface area (Å²) < 4.78 is 0. The van der Waals surface area contributed by atoms with E-state index in [0.29, 0.717) is 35.2 Å². The number of H-pyrrole nitrogens is 1. The van der Waals surface area contributed by atoms with E-state index in [2.05, 4.69) is 48.7 Å². The lowest BCUT2D eigenvalue weighted by Crippen LogP contribution is -2.47. The molecule has 2 saturated heterocycles. The number of nitrogens with zero attached hydrogens (tertiary/aromatic N) is 6. The van der Waals surface area contributed by atoms with Gasteiger partial charge in [0.15, 0.2) is 5.82 Å². The predicted molar refractivity (Wildman–Crippen MR) is 109 cm³/mol. The Labute approximate surface area is 169 Å². The Morgan fingerprint density at radius 3 is 2.52 bits per heavy atom. The van der Waals surface area contributed by atoms with Crippen molar-refractivity contribution in [3.05, 3.63) is 42.4 Å². The molecule has 2 aliphatic heterocycles. The number of nitrogens with one attached hydrogen (secondary N) is 2. The lowest BCUT2D eigenvalue weighted by atomic mass is 9.98. The molecule has 2 N–H and O–H groups in total. The molecule has 0 radical (unpaired) electrons. The van der Waals surface area contributed by atoms with E-state index in [1.807, 2.05) is 24.3 Å². The summed E-state index contributed by atoms with van der Waals surface area (Å²) in [4.78, 5) is 6.73. The fourth-order valence-electron chi connectivity index (χ4n) is 4.50. The van der Waals surface area contributed by atoms with Gasteiger partial charge in [-0.2, -0.15) is 10.4 Å². The van der Waals surface area contributed by atoms with Gasteiger partial charge < -0.3 is 10.2 Å². The molecule has 2 fully saturated rings. The van der Waals surface area contributed by atoms with Gasteiger partial charge in [-0.3, -0.25) is 5.10 Å². The number of nitriles is 1. The van der Waals surface area contributed by atoms with Crippen LogP contribution in [-0.2, 0) is 0 Å². The fourth-order valence-corrected chi connectivity index (χ4v) is 4.50. The summed E-state index contributed by atoms with van der Waals surface area (Å²) in [6.45, 7) is 0. The largest absolute Gasteiger partial charge is 0.355 e. The Balaban J connectivity index is 1.37. The number of aromatic amines is 1. The van der Waals surface area contributed by atoms with E-state index in [1.54, 1.807) is 12.4 Å². The van der Waals surface area contributed by atoms with Gasteiger partial charge in [0.2, 0.25) is 0 Å². The van der Waals surface area contributed by atoms with Gasteiger partial charge in [-0.25, -0.2) is 4.98 Å². The predicted octanol–water partition coefficient (Wildman–Crippen LogP) is 2.52. The van der Waals surface area contributed by atoms with Gasteiger partial charge in [-0.15, -0.1) is 10.2 Å². The summed E-state index contributed by atoms with van der Waals surface area (Å²) in [7, 11) is 2.10. The summed E-state index contributed by atoms with van der Waals surface area (Å²) in [5.74, 6) is 0.871. The van der Waals surface area contributed by atoms with Gasteiger partial charge in [0.05, 0.1) is 11.9 Å². The van der Waals surface area contributed by atoms with E-state index < -0.39 is 0 Å². The maximum atomic E-state index is 9.51. The van der Waals surface area contributed by atoms with Gasteiger partial charge in [-0.1, -0.05) is 0 Å². The molecule has 3 atom stereocenters. The van der Waals surface area contributed by atoms with Crippen LogP contribution >= 0.6 is 0 Å². The molecule has 29 heavy (non-hydrogen) atoms. The summed E-state index contributed by atoms with van der Waals surface area (Å²) in [5.41, 5.74) is 3.21. The molecule has 3 aromatic heterocycles. The highest BCUT2D eigenvalue weighted by atomic mass is 15.3. The monoisotopic (exact) mass is 386 g/mol. The van der Waals surface area contributed by atoms with Gasteiger partial charge >= 0.3 is 0 Å². The molecular formula is C21H22N8. The van der Waals surface area contributed by atoms with Gasteiger partial charge in [-0.05, 0) is 49.9 Å². The SMILES string of the molecule is CN(c1ccc(-c2ccc(-c3cn[nH]c3)c(C#N)n2)nn1)[C@H]1C[C@H]2CC[C@@H](C1)N2. The lowest BCUT2D eigenvalue weighted by molar-refractivity contribution is 0.353. The molecule has 8 heteroatoms. The highest BCUT2D eigenvalue weighted by Gasteiger charge is 2.35. The zero-order valence-corrected chi connectivity index (χ0v) is 16.2. The second-order valence-electron chi connectivity index (χ2n) is 7.84. The third-order valence-corrected chi connectivity index (χ3v) is 6.08. The number of fused-ring (bicyclic) bond motifs is 2. The van der Waals surface area contributed by atoms with Crippen LogP contribution < -0.4 is 10.2 Å². The topological polar surface area (TPSA) is 106 Å². The lowest BCUT2D eigenvalue weighted by Gasteiger charge is -2.36. The Morgan fingerprint density at radius 1 is 1.07 bits per heavy atom. The van der Waals surface area contributed by atoms with Crippen molar-refractivity contribution in [1.29, 1.82) is 5.26 Å². The smallest absolute Gasteiger partial charge is 0.151 e. The molecule has 0 saturated carbocycles. The van der Waals surface area contributed by atoms with E-state index in [9.17, 15) is 5.26 Å². The molecule has 0 aromatic carbocycles. The molecule has 2 aliphatic rings. The van der Waals surface area contributed by atoms with Crippen LogP contribution in [0.2, 0.25) is 0 Å². The first kappa shape index (κ1) is 17.8. The third kappa shape index (κ3) is 3.34. The van der Waals surface area contributed by atoms with Crippen LogP contribution in [0, 0.1) is 11.3 Å². The Morgan fingerprint density at radius 2 is 1.86 bits per heavy atom. The molecule has 0 spiro atoms. The maximum absolute atomic E-state index is 9.51. The summed E-state index contributed by atoms with van der Waals surface area (Å²) in [6.07, 6.45) is 8.28. The quantitative estimate of drug-likeness (QED) is 0.709. The first-order valence-electron chi connectivity index (χ1n) is 9.94. The van der Waals surface area contributed by atoms with E-state index in [0.717, 1.165) is 29.8 Å². The number of rotatable bonds is 4. The number of anilines is 1. The van der Waals surface area contributed by atoms with Gasteiger partial charge in [0.1, 0.15) is 17.5 Å². The van der Waals surface area contributed by atoms with E-state index in [4.69, 9.17) is 0 Å². The minimum Gasteiger partial charge on any atom is -0.355 e. The van der Waals surface area contributed by atoms with Crippen molar-refractivity contribution in [2.24, 2.45) is 0 Å². The van der Waals surface area contributed by atoms with Crippen LogP contribution in [-0.4, -0.2) is 50.6 Å². The molecule has 0 unspecified atom stereocenters. The minimum absolute atomic E-state index is 0.345. The molecule has 0 amide bonds. The van der Waals surface area contributed by atoms with Crippen LogP contribution in [0.1, 0.15) is 31.4 Å². The molecule has 5 heterocycles. The first-order chi connectivity index (χ1) is 14.2. The van der Waals surface area contributed by atoms with Crippen molar-refractivity contribution in [1.82, 2.24) is 30.7 Å². The second kappa shape index (κ2) is 7.26. The number of hydrogen-bond acceptors (Lipinski definition) is 7. The molecule has 3 aromatic rings. The summed E-state index contributed by atoms with van der Waals surface area (Å²) in [5, 5.41) is 28.7. The number of aromatic nitrogens is 5. The first-order valence-corrected chi connectivity index (χ1v) is 9.94. The maximum Gasteiger partial charge on any atom is 0.151 e. The molecule has 5 rings (SSSR count). The summed E-state index contributed by atoms with van der Waals surface area (Å²) in [6, 6.07) is 11.6. The highest BCUT2D eigenvalue weighted by molar-refractivity contribution is 5.70. The van der Waals surface area contributed by atoms with Crippen molar-refractivity contribution in [2.75, 3.05) is 11.9 Å². The van der Waals surface area contributed by atoms with E-state index >= 15 is 0 Å². The molecule has 146 valence electrons. The summed E-state index contributed by atoms with van der Waals surface area (Å²) >= 11 is 0. The molecule has 0 aliphatic carbocycles. The second-order valence-corrected chi connectivity index (χ2v) is 7.84. The van der Waals surface area contributed by atoms with Crippen molar-refractivity contribution >= 4 is 5.82 Å². The van der Waals surface area contributed by atoms with Crippen molar-refractivity contribution in [2.45, 2.75) is 43.8 Å². The average Bonchev–Trinajstić information content (AvgIpc) is 3.42. The normalized spacial score (nSPS) is 23.0. The average molecular weight is 386 g/mol. The number of pyridine rings is 1. The van der Waals surface area contributed by atoms with Crippen LogP contribution in [0.5, 0.6) is 0 Å². The Bertz CT molecular complexity index is 1030. The highest BCUT2D eigenvalue weighted by Crippen LogP contribution is 2.31. The fraction of sp³-hybridized carbons (Fsp3) is 0.381. The standard InChI is InChI=1S/C21H22N8/c1-29(16-8-14-2-3-15(9-16)25-14)21-7-6-19(27-28-21)18-5-4-17(20(10-22)26-18)13-11-23-24-12-13/h4-7,11-12,14-16,25H,2-3,8-9H2,1H3,(H,23,24)/t14-,15+,16+. The van der Waals surface area contributed by atoms with E-state index in [1.165, 1.54) is 12.8 Å². The van der Waals surface area contributed by atoms with Crippen LogP contribution in [0.3, 0.4) is 0 Å². The van der Waals surface area contributed by atoms with Crippen molar-refractivity contribution < 1.29 is 0 Å². The zero-order valence-electron chi connectivity index (χ0n) is 16.2. The minimum atomic E-state index is 0.345. The Hall–Kier alpha value is -3.31. The van der Waals surface area contributed by atoms with Gasteiger partial charge in [0.25, 0.3) is 0 Å². The van der Waals surface area contributed by atoms with Crippen LogP contribution in [0.4, 0.5) is 5.82 Å². The molecule has 8 nitrogen and oxygen atoms in total. The third-order valence-electron chi connectivity index (χ3n) is 6.08. The Kier molecular flexibility index (Phi) is 4.45. The van der Waals surface area contributed by atoms with Crippen LogP contribution in [0.25, 0.3) is 22.5 Å². The zero-order chi connectivity index (χ0) is 19.8. The van der Waals surface area contributed by atoms with Crippen LogP contribution in [0.15, 0.2) is 36.7 Å². The molecular weight excluding hydrogens is 364 g/mol. The van der Waals surface area contributed by atoms with Gasteiger partial charge in [0, 0.05) is 42.5 Å². The number of piperidine rings is 1. The number of hydrogen-bond donors (Lipinski definition) is 2. The van der Waals surface area contributed by atoms with E-state index in [-0.39, 0.29) is 0 Å². The van der Waals surface area contributed by atoms with Crippen molar-refractivity contribution in [3.8, 4) is 28.6 Å². The molecule has 2 bridgehead atoms.